The van der Waals surface area contributed by atoms with Crippen molar-refractivity contribution >= 4 is 5.97 Å². The van der Waals surface area contributed by atoms with Gasteiger partial charge in [0.2, 0.25) is 0 Å². The first-order chi connectivity index (χ1) is 13.7. The minimum absolute atomic E-state index is 0. The molecule has 2 aliphatic carbocycles. The number of carbonyl (C=O) groups is 1. The number of ether oxygens (including phenoxy) is 2. The first-order valence-corrected chi connectivity index (χ1v) is 10.5. The third-order valence-electron chi connectivity index (χ3n) is 6.33. The molecule has 2 aliphatic rings. The summed E-state index contributed by atoms with van der Waals surface area (Å²) in [7, 11) is 0. The Bertz CT molecular complexity index is 698. The third-order valence-corrected chi connectivity index (χ3v) is 6.33. The molecule has 0 amide bonds. The number of esters is 1. The Morgan fingerprint density at radius 1 is 1.03 bits per heavy atom. The van der Waals surface area contributed by atoms with E-state index < -0.39 is 23.9 Å². The molecule has 166 valence electrons. The minimum Gasteiger partial charge on any atom is -0.426 e. The second-order valence-corrected chi connectivity index (χ2v) is 8.64. The van der Waals surface area contributed by atoms with E-state index in [1.165, 1.54) is 32.1 Å². The number of alkyl halides is 3. The molecule has 0 aliphatic heterocycles. The van der Waals surface area contributed by atoms with E-state index in [1.54, 1.807) is 0 Å². The predicted octanol–water partition coefficient (Wildman–Crippen LogP) is 7.14. The van der Waals surface area contributed by atoms with Gasteiger partial charge in [0.15, 0.2) is 11.6 Å². The van der Waals surface area contributed by atoms with E-state index in [2.05, 4.69) is 11.7 Å². The van der Waals surface area contributed by atoms with E-state index in [1.807, 2.05) is 0 Å². The SMILES string of the molecule is CC1CCC(CC2CCC(C(=O)Oc3ccc(OC(F)(F)F)c(F)c3)CC2)CC1.[HH].[HH]. The summed E-state index contributed by atoms with van der Waals surface area (Å²) in [5, 5.41) is 0. The molecule has 0 N–H and O–H groups in total. The number of hydrogen-bond donors (Lipinski definition) is 0. The second-order valence-electron chi connectivity index (χ2n) is 8.64. The molecule has 0 atom stereocenters. The lowest BCUT2D eigenvalue weighted by atomic mass is 9.73. The van der Waals surface area contributed by atoms with Crippen LogP contribution in [-0.2, 0) is 4.79 Å². The highest BCUT2D eigenvalue weighted by molar-refractivity contribution is 5.75. The van der Waals surface area contributed by atoms with E-state index >= 15 is 0 Å². The quantitative estimate of drug-likeness (QED) is 0.288. The van der Waals surface area contributed by atoms with Crippen LogP contribution in [0.15, 0.2) is 18.2 Å². The Hall–Kier alpha value is -1.79. The van der Waals surface area contributed by atoms with Gasteiger partial charge in [-0.15, -0.1) is 13.2 Å². The average molecular weight is 420 g/mol. The molecule has 0 saturated heterocycles. The molecule has 2 fully saturated rings. The van der Waals surface area contributed by atoms with E-state index in [9.17, 15) is 22.4 Å². The zero-order valence-electron chi connectivity index (χ0n) is 16.6. The molecule has 0 unspecified atom stereocenters. The molecule has 0 bridgehead atoms. The summed E-state index contributed by atoms with van der Waals surface area (Å²) >= 11 is 0. The van der Waals surface area contributed by atoms with Crippen molar-refractivity contribution in [1.29, 1.82) is 0 Å². The Balaban J connectivity index is 0.00000240. The average Bonchev–Trinajstić information content (AvgIpc) is 2.65. The van der Waals surface area contributed by atoms with Gasteiger partial charge in [-0.25, -0.2) is 4.39 Å². The van der Waals surface area contributed by atoms with Crippen LogP contribution in [0.1, 0.15) is 67.6 Å². The predicted molar refractivity (Wildman–Crippen MR) is 104 cm³/mol. The summed E-state index contributed by atoms with van der Waals surface area (Å²) in [4.78, 5) is 12.4. The number of rotatable bonds is 5. The molecule has 1 aromatic carbocycles. The van der Waals surface area contributed by atoms with Crippen LogP contribution < -0.4 is 9.47 Å². The number of carbonyl (C=O) groups excluding carboxylic acids is 1. The normalized spacial score (nSPS) is 28.0. The molecule has 7 heteroatoms. The molecule has 2 saturated carbocycles. The summed E-state index contributed by atoms with van der Waals surface area (Å²) in [5.74, 6) is -0.677. The van der Waals surface area contributed by atoms with E-state index in [4.69, 9.17) is 4.74 Å². The molecule has 0 spiro atoms. The minimum atomic E-state index is -4.98. The molecule has 3 rings (SSSR count). The van der Waals surface area contributed by atoms with Crippen molar-refractivity contribution in [3.05, 3.63) is 24.0 Å². The zero-order chi connectivity index (χ0) is 21.0. The lowest BCUT2D eigenvalue weighted by Gasteiger charge is -2.32. The summed E-state index contributed by atoms with van der Waals surface area (Å²) < 4.78 is 59.1. The molecule has 0 radical (unpaired) electrons. The fourth-order valence-corrected chi connectivity index (χ4v) is 4.62. The second kappa shape index (κ2) is 9.35. The number of benzene rings is 1. The Morgan fingerprint density at radius 2 is 1.62 bits per heavy atom. The van der Waals surface area contributed by atoms with Gasteiger partial charge in [0.25, 0.3) is 0 Å². The molecular formula is C22H32F4O3. The first kappa shape index (κ1) is 21.9. The van der Waals surface area contributed by atoms with Gasteiger partial charge < -0.3 is 9.47 Å². The number of hydrogen-bond acceptors (Lipinski definition) is 3. The fourth-order valence-electron chi connectivity index (χ4n) is 4.62. The maximum Gasteiger partial charge on any atom is 0.573 e. The monoisotopic (exact) mass is 420 g/mol. The van der Waals surface area contributed by atoms with Crippen molar-refractivity contribution in [3.8, 4) is 11.5 Å². The van der Waals surface area contributed by atoms with Crippen molar-refractivity contribution < 1.29 is 34.7 Å². The van der Waals surface area contributed by atoms with Gasteiger partial charge in [-0.1, -0.05) is 32.6 Å². The first-order valence-electron chi connectivity index (χ1n) is 10.5. The Morgan fingerprint density at radius 3 is 2.17 bits per heavy atom. The van der Waals surface area contributed by atoms with Crippen LogP contribution in [0.25, 0.3) is 0 Å². The molecule has 0 heterocycles. The summed E-state index contributed by atoms with van der Waals surface area (Å²) in [6, 6.07) is 2.67. The standard InChI is InChI=1S/C22H28F4O3.2H2/c1-14-2-4-15(5-3-14)12-16-6-8-17(9-7-16)21(27)28-18-10-11-20(19(23)13-18)29-22(24,25)26;;/h10-11,13-17H,2-9,12H2,1H3;2*1H. The smallest absolute Gasteiger partial charge is 0.426 e. The fraction of sp³-hybridized carbons (Fsp3) is 0.682. The molecular weight excluding hydrogens is 388 g/mol. The molecule has 1 aromatic rings. The van der Waals surface area contributed by atoms with Gasteiger partial charge in [-0.05, 0) is 62.0 Å². The van der Waals surface area contributed by atoms with Gasteiger partial charge in [0.1, 0.15) is 5.75 Å². The number of halogens is 4. The molecule has 29 heavy (non-hydrogen) atoms. The van der Waals surface area contributed by atoms with Crippen LogP contribution in [0, 0.1) is 29.5 Å². The van der Waals surface area contributed by atoms with Crippen LogP contribution >= 0.6 is 0 Å². The lowest BCUT2D eigenvalue weighted by molar-refractivity contribution is -0.275. The van der Waals surface area contributed by atoms with Crippen LogP contribution in [0.4, 0.5) is 17.6 Å². The largest absolute Gasteiger partial charge is 0.573 e. The Kier molecular flexibility index (Phi) is 7.06. The van der Waals surface area contributed by atoms with Crippen molar-refractivity contribution in [1.82, 2.24) is 0 Å². The van der Waals surface area contributed by atoms with Gasteiger partial charge in [-0.2, -0.15) is 0 Å². The summed E-state index contributed by atoms with van der Waals surface area (Å²) in [6.45, 7) is 2.32. The van der Waals surface area contributed by atoms with Gasteiger partial charge in [-0.3, -0.25) is 4.79 Å². The van der Waals surface area contributed by atoms with Crippen LogP contribution in [0.5, 0.6) is 11.5 Å². The Labute approximate surface area is 171 Å². The lowest BCUT2D eigenvalue weighted by Crippen LogP contribution is -2.27. The highest BCUT2D eigenvalue weighted by atomic mass is 19.4. The highest BCUT2D eigenvalue weighted by Gasteiger charge is 2.33. The van der Waals surface area contributed by atoms with Crippen molar-refractivity contribution in [2.45, 2.75) is 71.1 Å². The van der Waals surface area contributed by atoms with E-state index in [0.717, 1.165) is 55.7 Å². The maximum atomic E-state index is 13.8. The molecule has 3 nitrogen and oxygen atoms in total. The third kappa shape index (κ3) is 6.61. The van der Waals surface area contributed by atoms with Gasteiger partial charge in [0, 0.05) is 8.92 Å². The van der Waals surface area contributed by atoms with E-state index in [-0.39, 0.29) is 14.5 Å². The highest BCUT2D eigenvalue weighted by Crippen LogP contribution is 2.38. The van der Waals surface area contributed by atoms with Crippen LogP contribution in [0.3, 0.4) is 0 Å². The van der Waals surface area contributed by atoms with Gasteiger partial charge in [0.05, 0.1) is 5.92 Å². The van der Waals surface area contributed by atoms with Crippen molar-refractivity contribution in [2.75, 3.05) is 0 Å². The summed E-state index contributed by atoms with van der Waals surface area (Å²) in [6.07, 6.45) is 4.95. The van der Waals surface area contributed by atoms with Crippen LogP contribution in [0.2, 0.25) is 0 Å². The molecule has 0 aromatic heterocycles. The van der Waals surface area contributed by atoms with Gasteiger partial charge >= 0.3 is 12.3 Å². The topological polar surface area (TPSA) is 35.5 Å². The summed E-state index contributed by atoms with van der Waals surface area (Å²) in [5.41, 5.74) is 0. The van der Waals surface area contributed by atoms with Crippen molar-refractivity contribution in [2.24, 2.45) is 23.7 Å². The van der Waals surface area contributed by atoms with E-state index in [0.29, 0.717) is 5.92 Å². The van der Waals surface area contributed by atoms with Crippen LogP contribution in [-0.4, -0.2) is 12.3 Å². The maximum absolute atomic E-state index is 13.8. The van der Waals surface area contributed by atoms with Crippen molar-refractivity contribution in [3.63, 3.8) is 0 Å². The zero-order valence-corrected chi connectivity index (χ0v) is 16.6.